The van der Waals surface area contributed by atoms with E-state index in [1.807, 2.05) is 18.5 Å². The summed E-state index contributed by atoms with van der Waals surface area (Å²) in [7, 11) is 4.09. The second-order valence-corrected chi connectivity index (χ2v) is 8.09. The molecular weight excluding hydrogens is 360 g/mol. The fourth-order valence-electron chi connectivity index (χ4n) is 3.14. The van der Waals surface area contributed by atoms with Gasteiger partial charge in [-0.05, 0) is 43.6 Å². The van der Waals surface area contributed by atoms with Crippen molar-refractivity contribution in [3.63, 3.8) is 0 Å². The molecule has 1 aliphatic heterocycles. The Bertz CT molecular complexity index is 721. The first-order valence-electron chi connectivity index (χ1n) is 9.58. The highest BCUT2D eigenvalue weighted by Crippen LogP contribution is 2.18. The molecule has 1 aliphatic rings. The number of aliphatic imine (C=N–C) groups is 1. The van der Waals surface area contributed by atoms with Crippen LogP contribution in [-0.2, 0) is 24.9 Å². The highest BCUT2D eigenvalue weighted by molar-refractivity contribution is 7.09. The molecule has 1 fully saturated rings. The van der Waals surface area contributed by atoms with Crippen molar-refractivity contribution in [3.05, 3.63) is 34.0 Å². The molecule has 0 aromatic carbocycles. The molecule has 0 saturated carbocycles. The number of thiophene rings is 1. The van der Waals surface area contributed by atoms with Crippen molar-refractivity contribution < 1.29 is 4.74 Å². The summed E-state index contributed by atoms with van der Waals surface area (Å²) >= 11 is 1.76. The van der Waals surface area contributed by atoms with E-state index in [1.54, 1.807) is 11.3 Å². The van der Waals surface area contributed by atoms with Gasteiger partial charge < -0.3 is 19.5 Å². The smallest absolute Gasteiger partial charge is 0.194 e. The van der Waals surface area contributed by atoms with Crippen molar-refractivity contribution in [3.8, 4) is 0 Å². The molecule has 2 aromatic heterocycles. The molecule has 2 aromatic rings. The summed E-state index contributed by atoms with van der Waals surface area (Å²) in [5.41, 5.74) is 0. The number of aromatic nitrogens is 3. The Labute approximate surface area is 165 Å². The van der Waals surface area contributed by atoms with Gasteiger partial charge in [-0.3, -0.25) is 0 Å². The van der Waals surface area contributed by atoms with E-state index in [0.717, 1.165) is 49.8 Å². The number of hydrogen-bond donors (Lipinski definition) is 1. The molecule has 7 nitrogen and oxygen atoms in total. The maximum Gasteiger partial charge on any atom is 0.194 e. The Morgan fingerprint density at radius 1 is 1.41 bits per heavy atom. The fraction of sp³-hybridized carbons (Fsp3) is 0.632. The van der Waals surface area contributed by atoms with Crippen LogP contribution in [0.3, 0.4) is 0 Å². The van der Waals surface area contributed by atoms with E-state index in [4.69, 9.17) is 9.73 Å². The zero-order chi connectivity index (χ0) is 19.1. The Balaban J connectivity index is 1.61. The number of hydrogen-bond acceptors (Lipinski definition) is 5. The van der Waals surface area contributed by atoms with Gasteiger partial charge in [0.1, 0.15) is 12.4 Å². The van der Waals surface area contributed by atoms with Crippen LogP contribution >= 0.6 is 11.3 Å². The van der Waals surface area contributed by atoms with Crippen molar-refractivity contribution in [2.24, 2.45) is 18.0 Å². The van der Waals surface area contributed by atoms with Gasteiger partial charge in [-0.15, -0.1) is 21.5 Å². The Morgan fingerprint density at radius 2 is 2.22 bits per heavy atom. The molecule has 0 radical (unpaired) electrons. The van der Waals surface area contributed by atoms with E-state index in [2.05, 4.69) is 45.0 Å². The highest BCUT2D eigenvalue weighted by Gasteiger charge is 2.16. The lowest BCUT2D eigenvalue weighted by Gasteiger charge is -2.27. The highest BCUT2D eigenvalue weighted by atomic mass is 32.1. The van der Waals surface area contributed by atoms with Gasteiger partial charge in [0.25, 0.3) is 0 Å². The molecule has 3 rings (SSSR count). The molecule has 0 unspecified atom stereocenters. The predicted molar refractivity (Wildman–Crippen MR) is 109 cm³/mol. The first kappa shape index (κ1) is 19.8. The van der Waals surface area contributed by atoms with Crippen LogP contribution in [0.5, 0.6) is 0 Å². The lowest BCUT2D eigenvalue weighted by atomic mass is 9.96. The summed E-state index contributed by atoms with van der Waals surface area (Å²) in [4.78, 5) is 8.35. The zero-order valence-corrected chi connectivity index (χ0v) is 17.3. The van der Waals surface area contributed by atoms with Gasteiger partial charge in [0.15, 0.2) is 11.8 Å². The van der Waals surface area contributed by atoms with Gasteiger partial charge in [-0.25, -0.2) is 4.99 Å². The second kappa shape index (κ2) is 9.85. The quantitative estimate of drug-likeness (QED) is 0.581. The van der Waals surface area contributed by atoms with Crippen molar-refractivity contribution in [1.29, 1.82) is 0 Å². The first-order chi connectivity index (χ1) is 13.1. The van der Waals surface area contributed by atoms with Crippen LogP contribution in [0, 0.1) is 12.8 Å². The Hall–Kier alpha value is -1.93. The Kier molecular flexibility index (Phi) is 7.23. The molecule has 1 N–H and O–H groups in total. The number of rotatable bonds is 7. The minimum Gasteiger partial charge on any atom is -0.381 e. The molecule has 0 spiro atoms. The minimum absolute atomic E-state index is 0.520. The van der Waals surface area contributed by atoms with Gasteiger partial charge in [0.05, 0.1) is 6.54 Å². The minimum atomic E-state index is 0.520. The monoisotopic (exact) mass is 390 g/mol. The molecule has 0 bridgehead atoms. The zero-order valence-electron chi connectivity index (χ0n) is 16.5. The Morgan fingerprint density at radius 3 is 2.89 bits per heavy atom. The lowest BCUT2D eigenvalue weighted by Crippen LogP contribution is -2.39. The summed E-state index contributed by atoms with van der Waals surface area (Å²) < 4.78 is 7.46. The van der Waals surface area contributed by atoms with Crippen LogP contribution < -0.4 is 5.32 Å². The van der Waals surface area contributed by atoms with Crippen molar-refractivity contribution in [1.82, 2.24) is 25.0 Å². The molecular formula is C19H30N6OS. The third-order valence-electron chi connectivity index (χ3n) is 5.13. The topological polar surface area (TPSA) is 67.6 Å². The SMILES string of the molecule is Cc1nnc(CN=C(NCc2cccs2)N(C)CCC2CCOCC2)n1C. The van der Waals surface area contributed by atoms with E-state index in [9.17, 15) is 0 Å². The third kappa shape index (κ3) is 5.77. The second-order valence-electron chi connectivity index (χ2n) is 7.06. The lowest BCUT2D eigenvalue weighted by molar-refractivity contribution is 0.0625. The fourth-order valence-corrected chi connectivity index (χ4v) is 3.79. The normalized spacial score (nSPS) is 15.9. The van der Waals surface area contributed by atoms with Crippen LogP contribution in [0.4, 0.5) is 0 Å². The number of guanidine groups is 1. The summed E-state index contributed by atoms with van der Waals surface area (Å²) in [6, 6.07) is 4.22. The van der Waals surface area contributed by atoms with Crippen molar-refractivity contribution >= 4 is 17.3 Å². The first-order valence-corrected chi connectivity index (χ1v) is 10.5. The molecule has 148 valence electrons. The predicted octanol–water partition coefficient (Wildman–Crippen LogP) is 2.58. The summed E-state index contributed by atoms with van der Waals surface area (Å²) in [5.74, 6) is 3.44. The standard InChI is InChI=1S/C19H30N6OS/c1-15-22-23-18(25(15)3)14-21-19(20-13-17-5-4-12-27-17)24(2)9-6-16-7-10-26-11-8-16/h4-5,12,16H,6-11,13-14H2,1-3H3,(H,20,21). The largest absolute Gasteiger partial charge is 0.381 e. The summed E-state index contributed by atoms with van der Waals surface area (Å²) in [6.07, 6.45) is 3.50. The third-order valence-corrected chi connectivity index (χ3v) is 6.01. The molecule has 27 heavy (non-hydrogen) atoms. The number of nitrogens with zero attached hydrogens (tertiary/aromatic N) is 5. The molecule has 8 heteroatoms. The van der Waals surface area contributed by atoms with Crippen LogP contribution in [-0.4, -0.2) is 52.4 Å². The molecule has 0 amide bonds. The van der Waals surface area contributed by atoms with Crippen LogP contribution in [0.15, 0.2) is 22.5 Å². The molecule has 3 heterocycles. The van der Waals surface area contributed by atoms with Crippen LogP contribution in [0.1, 0.15) is 35.8 Å². The van der Waals surface area contributed by atoms with Gasteiger partial charge in [0, 0.05) is 38.7 Å². The number of aryl methyl sites for hydroxylation is 1. The van der Waals surface area contributed by atoms with Crippen LogP contribution in [0.2, 0.25) is 0 Å². The van der Waals surface area contributed by atoms with Crippen molar-refractivity contribution in [2.75, 3.05) is 26.8 Å². The maximum absolute atomic E-state index is 5.47. The van der Waals surface area contributed by atoms with E-state index in [0.29, 0.717) is 6.54 Å². The van der Waals surface area contributed by atoms with Gasteiger partial charge >= 0.3 is 0 Å². The maximum atomic E-state index is 5.47. The van der Waals surface area contributed by atoms with E-state index in [1.165, 1.54) is 24.1 Å². The molecule has 0 atom stereocenters. The van der Waals surface area contributed by atoms with Gasteiger partial charge in [-0.1, -0.05) is 6.07 Å². The van der Waals surface area contributed by atoms with Crippen LogP contribution in [0.25, 0.3) is 0 Å². The van der Waals surface area contributed by atoms with E-state index < -0.39 is 0 Å². The van der Waals surface area contributed by atoms with Gasteiger partial charge in [-0.2, -0.15) is 0 Å². The number of ether oxygens (including phenoxy) is 1. The summed E-state index contributed by atoms with van der Waals surface area (Å²) in [5, 5.41) is 14.0. The summed E-state index contributed by atoms with van der Waals surface area (Å²) in [6.45, 7) is 6.05. The van der Waals surface area contributed by atoms with Crippen molar-refractivity contribution in [2.45, 2.75) is 39.3 Å². The average molecular weight is 391 g/mol. The van der Waals surface area contributed by atoms with E-state index >= 15 is 0 Å². The van der Waals surface area contributed by atoms with Gasteiger partial charge in [0.2, 0.25) is 0 Å². The average Bonchev–Trinajstić information content (AvgIpc) is 3.32. The molecule has 1 saturated heterocycles. The van der Waals surface area contributed by atoms with E-state index in [-0.39, 0.29) is 0 Å². The molecule has 0 aliphatic carbocycles. The number of nitrogens with one attached hydrogen (secondary N) is 1.